The number of anilines is 1. The van der Waals surface area contributed by atoms with E-state index in [1.165, 1.54) is 6.92 Å². The van der Waals surface area contributed by atoms with Crippen molar-refractivity contribution in [2.24, 2.45) is 0 Å². The lowest BCUT2D eigenvalue weighted by Crippen LogP contribution is -2.11. The van der Waals surface area contributed by atoms with Crippen LogP contribution in [0.4, 0.5) is 5.69 Å². The Morgan fingerprint density at radius 2 is 1.71 bits per heavy atom. The number of methoxy groups -OCH3 is 1. The van der Waals surface area contributed by atoms with Crippen LogP contribution >= 0.6 is 0 Å². The fraction of sp³-hybridized carbons (Fsp3) is 0.100. The van der Waals surface area contributed by atoms with Gasteiger partial charge in [0, 0.05) is 18.2 Å². The second kappa shape index (κ2) is 10.5. The number of hydrogen-bond acceptors (Lipinski definition) is 6. The molecule has 1 N–H and O–H groups in total. The van der Waals surface area contributed by atoms with Gasteiger partial charge in [0.1, 0.15) is 11.4 Å². The largest absolute Gasteiger partial charge is 0.497 e. The van der Waals surface area contributed by atoms with E-state index in [1.807, 2.05) is 43.3 Å². The van der Waals surface area contributed by atoms with Crippen LogP contribution in [-0.2, 0) is 4.79 Å². The number of ether oxygens (including phenoxy) is 2. The Morgan fingerprint density at radius 3 is 2.34 bits per heavy atom. The number of benzene rings is 3. The van der Waals surface area contributed by atoms with E-state index in [0.717, 1.165) is 16.8 Å². The van der Waals surface area contributed by atoms with Crippen molar-refractivity contribution in [3.8, 4) is 39.9 Å². The van der Waals surface area contributed by atoms with Crippen LogP contribution < -0.4 is 14.8 Å². The molecule has 5 rings (SSSR count). The molecular weight excluding hydrogens is 482 g/mol. The predicted octanol–water partition coefficient (Wildman–Crippen LogP) is 6.29. The first-order valence-corrected chi connectivity index (χ1v) is 11.9. The van der Waals surface area contributed by atoms with E-state index in [4.69, 9.17) is 19.0 Å². The maximum Gasteiger partial charge on any atom is 0.309 e. The van der Waals surface area contributed by atoms with E-state index < -0.39 is 5.97 Å². The summed E-state index contributed by atoms with van der Waals surface area (Å²) in [4.78, 5) is 24.9. The van der Waals surface area contributed by atoms with Crippen LogP contribution in [0.5, 0.6) is 11.6 Å². The summed E-state index contributed by atoms with van der Waals surface area (Å²) >= 11 is 0. The average Bonchev–Trinajstić information content (AvgIpc) is 3.57. The number of nitrogens with zero attached hydrogens (tertiary/aromatic N) is 2. The Morgan fingerprint density at radius 1 is 0.947 bits per heavy atom. The van der Waals surface area contributed by atoms with E-state index in [2.05, 4.69) is 5.32 Å². The first-order chi connectivity index (χ1) is 18.4. The smallest absolute Gasteiger partial charge is 0.309 e. The minimum atomic E-state index is -0.477. The molecule has 0 saturated heterocycles. The molecule has 0 spiro atoms. The summed E-state index contributed by atoms with van der Waals surface area (Å²) in [7, 11) is 1.57. The molecule has 8 nitrogen and oxygen atoms in total. The lowest BCUT2D eigenvalue weighted by molar-refractivity contribution is -0.132. The van der Waals surface area contributed by atoms with Crippen molar-refractivity contribution in [1.82, 2.24) is 9.78 Å². The van der Waals surface area contributed by atoms with Gasteiger partial charge in [-0.3, -0.25) is 9.59 Å². The molecule has 0 aliphatic carbocycles. The minimum absolute atomic E-state index is 0.246. The first-order valence-electron chi connectivity index (χ1n) is 11.9. The molecule has 38 heavy (non-hydrogen) atoms. The van der Waals surface area contributed by atoms with Crippen molar-refractivity contribution in [3.63, 3.8) is 0 Å². The molecular formula is C30H25N3O5. The standard InChI is InChI=1S/C30H25N3O5/c1-19-6-4-7-24(18-19)33-30(38-20(2)34)27(28(32-33)26-8-5-17-37-26)21-9-13-23(14-10-21)31-29(35)22-11-15-25(36-3)16-12-22/h4-18H,1-3H3,(H,31,35). The average molecular weight is 508 g/mol. The molecule has 2 heterocycles. The minimum Gasteiger partial charge on any atom is -0.497 e. The van der Waals surface area contributed by atoms with Crippen LogP contribution in [0.1, 0.15) is 22.8 Å². The third-order valence-corrected chi connectivity index (χ3v) is 5.87. The summed E-state index contributed by atoms with van der Waals surface area (Å²) in [6.07, 6.45) is 1.56. The van der Waals surface area contributed by atoms with Crippen molar-refractivity contribution in [3.05, 3.63) is 102 Å². The van der Waals surface area contributed by atoms with E-state index in [0.29, 0.717) is 34.0 Å². The summed E-state index contributed by atoms with van der Waals surface area (Å²) < 4.78 is 18.1. The molecule has 0 saturated carbocycles. The highest BCUT2D eigenvalue weighted by molar-refractivity contribution is 6.04. The van der Waals surface area contributed by atoms with Gasteiger partial charge in [0.05, 0.1) is 24.6 Å². The van der Waals surface area contributed by atoms with Crippen LogP contribution in [0.15, 0.2) is 95.6 Å². The van der Waals surface area contributed by atoms with Gasteiger partial charge in [-0.05, 0) is 78.7 Å². The van der Waals surface area contributed by atoms with Crippen molar-refractivity contribution in [1.29, 1.82) is 0 Å². The first kappa shape index (κ1) is 24.6. The van der Waals surface area contributed by atoms with E-state index in [1.54, 1.807) is 66.6 Å². The zero-order valence-electron chi connectivity index (χ0n) is 21.1. The molecule has 0 radical (unpaired) electrons. The lowest BCUT2D eigenvalue weighted by Gasteiger charge is -2.11. The van der Waals surface area contributed by atoms with Gasteiger partial charge in [-0.25, -0.2) is 0 Å². The van der Waals surface area contributed by atoms with Gasteiger partial charge < -0.3 is 19.2 Å². The number of carbonyl (C=O) groups is 2. The van der Waals surface area contributed by atoms with Gasteiger partial charge in [0.2, 0.25) is 5.88 Å². The molecule has 0 aliphatic rings. The van der Waals surface area contributed by atoms with Crippen LogP contribution in [0.2, 0.25) is 0 Å². The molecule has 1 amide bonds. The number of esters is 1. The summed E-state index contributed by atoms with van der Waals surface area (Å²) in [5, 5.41) is 7.68. The Bertz CT molecular complexity index is 1580. The van der Waals surface area contributed by atoms with Gasteiger partial charge in [-0.2, -0.15) is 9.78 Å². The van der Waals surface area contributed by atoms with Gasteiger partial charge >= 0.3 is 5.97 Å². The number of carbonyl (C=O) groups excluding carboxylic acids is 2. The summed E-state index contributed by atoms with van der Waals surface area (Å²) in [5.41, 5.74) is 4.72. The number of rotatable bonds is 7. The van der Waals surface area contributed by atoms with Crippen molar-refractivity contribution >= 4 is 17.6 Å². The van der Waals surface area contributed by atoms with E-state index >= 15 is 0 Å². The number of aryl methyl sites for hydroxylation is 1. The molecule has 0 bridgehead atoms. The number of nitrogens with one attached hydrogen (secondary N) is 1. The highest BCUT2D eigenvalue weighted by Crippen LogP contribution is 2.41. The van der Waals surface area contributed by atoms with E-state index in [-0.39, 0.29) is 11.8 Å². The SMILES string of the molecule is COc1ccc(C(=O)Nc2ccc(-c3c(-c4ccco4)nn(-c4cccc(C)c4)c3OC(C)=O)cc2)cc1. The Kier molecular flexibility index (Phi) is 6.78. The fourth-order valence-corrected chi connectivity index (χ4v) is 4.08. The normalized spacial score (nSPS) is 10.7. The molecule has 0 atom stereocenters. The number of furan rings is 1. The molecule has 5 aromatic rings. The Balaban J connectivity index is 1.55. The zero-order valence-corrected chi connectivity index (χ0v) is 21.1. The topological polar surface area (TPSA) is 95.6 Å². The Hall–Kier alpha value is -5.11. The third kappa shape index (κ3) is 5.05. The van der Waals surface area contributed by atoms with Crippen molar-refractivity contribution < 1.29 is 23.5 Å². The van der Waals surface area contributed by atoms with Gasteiger partial charge in [-0.1, -0.05) is 24.3 Å². The molecule has 3 aromatic carbocycles. The maximum absolute atomic E-state index is 12.7. The van der Waals surface area contributed by atoms with Crippen LogP contribution in [0.3, 0.4) is 0 Å². The summed E-state index contributed by atoms with van der Waals surface area (Å²) in [5.74, 6) is 0.744. The van der Waals surface area contributed by atoms with Crippen LogP contribution in [-0.4, -0.2) is 28.8 Å². The van der Waals surface area contributed by atoms with Crippen LogP contribution in [0, 0.1) is 6.92 Å². The van der Waals surface area contributed by atoms with E-state index in [9.17, 15) is 9.59 Å². The quantitative estimate of drug-likeness (QED) is 0.260. The fourth-order valence-electron chi connectivity index (χ4n) is 4.08. The number of hydrogen-bond donors (Lipinski definition) is 1. The molecule has 0 unspecified atom stereocenters. The van der Waals surface area contributed by atoms with Crippen molar-refractivity contribution in [2.75, 3.05) is 12.4 Å². The second-order valence-corrected chi connectivity index (χ2v) is 8.61. The van der Waals surface area contributed by atoms with Crippen molar-refractivity contribution in [2.45, 2.75) is 13.8 Å². The van der Waals surface area contributed by atoms with Gasteiger partial charge in [0.15, 0.2) is 5.76 Å². The monoisotopic (exact) mass is 507 g/mol. The zero-order chi connectivity index (χ0) is 26.6. The highest BCUT2D eigenvalue weighted by Gasteiger charge is 2.26. The highest BCUT2D eigenvalue weighted by atomic mass is 16.5. The van der Waals surface area contributed by atoms with Crippen LogP contribution in [0.25, 0.3) is 28.3 Å². The number of aromatic nitrogens is 2. The van der Waals surface area contributed by atoms with Gasteiger partial charge in [-0.15, -0.1) is 0 Å². The third-order valence-electron chi connectivity index (χ3n) is 5.87. The molecule has 0 fully saturated rings. The summed E-state index contributed by atoms with van der Waals surface area (Å²) in [6, 6.07) is 25.4. The Labute approximate surface area is 219 Å². The predicted molar refractivity (Wildman–Crippen MR) is 144 cm³/mol. The second-order valence-electron chi connectivity index (χ2n) is 8.61. The van der Waals surface area contributed by atoms with Gasteiger partial charge in [0.25, 0.3) is 5.91 Å². The molecule has 0 aliphatic heterocycles. The molecule has 190 valence electrons. The molecule has 8 heteroatoms. The molecule has 2 aromatic heterocycles. The summed E-state index contributed by atoms with van der Waals surface area (Å²) in [6.45, 7) is 3.33. The number of amides is 1. The maximum atomic E-state index is 12.7. The lowest BCUT2D eigenvalue weighted by atomic mass is 10.0.